The van der Waals surface area contributed by atoms with E-state index in [-0.39, 0.29) is 18.3 Å². The average Bonchev–Trinajstić information content (AvgIpc) is 2.65. The van der Waals surface area contributed by atoms with Gasteiger partial charge in [-0.2, -0.15) is 0 Å². The highest BCUT2D eigenvalue weighted by Crippen LogP contribution is 2.19. The molecule has 1 atom stereocenters. The first-order valence-corrected chi connectivity index (χ1v) is 9.17. The molecule has 0 heterocycles. The fourth-order valence-corrected chi connectivity index (χ4v) is 2.81. The van der Waals surface area contributed by atoms with Gasteiger partial charge >= 0.3 is 5.97 Å². The summed E-state index contributed by atoms with van der Waals surface area (Å²) in [4.78, 5) is 23.9. The van der Waals surface area contributed by atoms with Crippen LogP contribution >= 0.6 is 15.9 Å². The van der Waals surface area contributed by atoms with Gasteiger partial charge in [0, 0.05) is 10.9 Å². The van der Waals surface area contributed by atoms with Crippen LogP contribution in [0, 0.1) is 0 Å². The van der Waals surface area contributed by atoms with Crippen LogP contribution in [0.25, 0.3) is 0 Å². The van der Waals surface area contributed by atoms with E-state index in [1.54, 1.807) is 0 Å². The summed E-state index contributed by atoms with van der Waals surface area (Å²) < 4.78 is 11.3. The summed E-state index contributed by atoms with van der Waals surface area (Å²) in [6.45, 7) is 0.441. The number of ether oxygens (including phenoxy) is 2. The molecule has 1 N–H and O–H groups in total. The van der Waals surface area contributed by atoms with Crippen LogP contribution in [-0.4, -0.2) is 25.6 Å². The van der Waals surface area contributed by atoms with Crippen LogP contribution in [0.1, 0.15) is 30.9 Å². The number of halogens is 1. The predicted molar refractivity (Wildman–Crippen MR) is 103 cm³/mol. The smallest absolute Gasteiger partial charge is 0.307 e. The summed E-state index contributed by atoms with van der Waals surface area (Å²) in [5.41, 5.74) is 0.872. The third-order valence-corrected chi connectivity index (χ3v) is 4.24. The second-order valence-corrected chi connectivity index (χ2v) is 6.64. The molecule has 26 heavy (non-hydrogen) atoms. The minimum atomic E-state index is -0.401. The third-order valence-electron chi connectivity index (χ3n) is 3.75. The normalized spacial score (nSPS) is 11.5. The van der Waals surface area contributed by atoms with Gasteiger partial charge in [-0.15, -0.1) is 0 Å². The van der Waals surface area contributed by atoms with Crippen LogP contribution in [0.5, 0.6) is 5.75 Å². The van der Waals surface area contributed by atoms with Crippen LogP contribution in [0.4, 0.5) is 0 Å². The van der Waals surface area contributed by atoms with E-state index in [2.05, 4.69) is 21.2 Å². The van der Waals surface area contributed by atoms with Gasteiger partial charge in [-0.05, 0) is 30.2 Å². The van der Waals surface area contributed by atoms with Crippen molar-refractivity contribution in [1.82, 2.24) is 5.32 Å². The summed E-state index contributed by atoms with van der Waals surface area (Å²) >= 11 is 3.39. The van der Waals surface area contributed by atoms with Crippen molar-refractivity contribution in [3.63, 3.8) is 0 Å². The molecule has 0 bridgehead atoms. The molecule has 0 saturated carbocycles. The Morgan fingerprint density at radius 2 is 1.88 bits per heavy atom. The van der Waals surface area contributed by atoms with E-state index in [1.165, 1.54) is 7.11 Å². The molecule has 2 aromatic rings. The van der Waals surface area contributed by atoms with Crippen molar-refractivity contribution < 1.29 is 19.1 Å². The zero-order valence-electron chi connectivity index (χ0n) is 14.6. The number of methoxy groups -OCH3 is 1. The Labute approximate surface area is 161 Å². The number of carbonyl (C=O) groups excluding carboxylic acids is 2. The van der Waals surface area contributed by atoms with Crippen molar-refractivity contribution in [3.05, 3.63) is 64.6 Å². The molecule has 138 valence electrons. The van der Waals surface area contributed by atoms with Gasteiger partial charge < -0.3 is 14.8 Å². The fraction of sp³-hybridized carbons (Fsp3) is 0.300. The maximum absolute atomic E-state index is 12.2. The van der Waals surface area contributed by atoms with Crippen molar-refractivity contribution >= 4 is 27.8 Å². The molecule has 0 aliphatic heterocycles. The molecular formula is C20H22BrNO4. The molecule has 1 amide bonds. The van der Waals surface area contributed by atoms with Crippen molar-refractivity contribution in [2.24, 2.45) is 0 Å². The Hall–Kier alpha value is -2.34. The summed E-state index contributed by atoms with van der Waals surface area (Å²) in [5, 5.41) is 2.90. The van der Waals surface area contributed by atoms with E-state index in [0.717, 1.165) is 15.8 Å². The lowest BCUT2D eigenvalue weighted by Gasteiger charge is -2.18. The highest BCUT2D eigenvalue weighted by molar-refractivity contribution is 9.10. The SMILES string of the molecule is COC(=O)CC(NC(=O)CCCOc1cccc(Br)c1)c1ccccc1. The van der Waals surface area contributed by atoms with E-state index in [4.69, 9.17) is 9.47 Å². The van der Waals surface area contributed by atoms with Gasteiger partial charge in [0.25, 0.3) is 0 Å². The van der Waals surface area contributed by atoms with Gasteiger partial charge in [0.05, 0.1) is 26.2 Å². The molecule has 1 unspecified atom stereocenters. The monoisotopic (exact) mass is 419 g/mol. The van der Waals surface area contributed by atoms with E-state index in [9.17, 15) is 9.59 Å². The van der Waals surface area contributed by atoms with Crippen molar-refractivity contribution in [3.8, 4) is 5.75 Å². The van der Waals surface area contributed by atoms with Gasteiger partial charge in [-0.25, -0.2) is 0 Å². The summed E-state index contributed by atoms with van der Waals surface area (Å²) in [5.74, 6) is 0.269. The Morgan fingerprint density at radius 3 is 2.58 bits per heavy atom. The first-order valence-electron chi connectivity index (χ1n) is 8.38. The van der Waals surface area contributed by atoms with Crippen LogP contribution in [-0.2, 0) is 14.3 Å². The molecule has 0 aliphatic carbocycles. The van der Waals surface area contributed by atoms with E-state index < -0.39 is 6.04 Å². The highest BCUT2D eigenvalue weighted by atomic mass is 79.9. The topological polar surface area (TPSA) is 64.6 Å². The zero-order chi connectivity index (χ0) is 18.8. The second-order valence-electron chi connectivity index (χ2n) is 5.72. The molecule has 0 aromatic heterocycles. The number of carbonyl (C=O) groups is 2. The number of nitrogens with one attached hydrogen (secondary N) is 1. The Morgan fingerprint density at radius 1 is 1.12 bits per heavy atom. The molecule has 5 nitrogen and oxygen atoms in total. The minimum Gasteiger partial charge on any atom is -0.494 e. The fourth-order valence-electron chi connectivity index (χ4n) is 2.43. The maximum atomic E-state index is 12.2. The zero-order valence-corrected chi connectivity index (χ0v) is 16.2. The predicted octanol–water partition coefficient (Wildman–Crippen LogP) is 4.03. The number of benzene rings is 2. The largest absolute Gasteiger partial charge is 0.494 e. The third kappa shape index (κ3) is 6.88. The highest BCUT2D eigenvalue weighted by Gasteiger charge is 2.18. The molecule has 0 aliphatic rings. The molecule has 0 spiro atoms. The summed E-state index contributed by atoms with van der Waals surface area (Å²) in [6.07, 6.45) is 0.997. The maximum Gasteiger partial charge on any atom is 0.307 e. The Kier molecular flexibility index (Phi) is 8.15. The van der Waals surface area contributed by atoms with E-state index in [1.807, 2.05) is 54.6 Å². The molecule has 0 radical (unpaired) electrons. The standard InChI is InChI=1S/C20H22BrNO4/c1-25-20(24)14-18(15-7-3-2-4-8-15)22-19(23)11-6-12-26-17-10-5-9-16(21)13-17/h2-5,7-10,13,18H,6,11-12,14H2,1H3,(H,22,23). The van der Waals surface area contributed by atoms with Gasteiger partial charge in [0.1, 0.15) is 5.75 Å². The van der Waals surface area contributed by atoms with Crippen molar-refractivity contribution in [2.75, 3.05) is 13.7 Å². The number of rotatable bonds is 9. The minimum absolute atomic E-state index is 0.0980. The molecular weight excluding hydrogens is 398 g/mol. The molecule has 2 aromatic carbocycles. The average molecular weight is 420 g/mol. The van der Waals surface area contributed by atoms with Gasteiger partial charge in [-0.3, -0.25) is 9.59 Å². The number of amides is 1. The van der Waals surface area contributed by atoms with Crippen LogP contribution in [0.2, 0.25) is 0 Å². The quantitative estimate of drug-likeness (QED) is 0.492. The first kappa shape index (κ1) is 20.0. The van der Waals surface area contributed by atoms with Crippen LogP contribution < -0.4 is 10.1 Å². The molecule has 0 fully saturated rings. The molecule has 0 saturated heterocycles. The Balaban J connectivity index is 1.82. The van der Waals surface area contributed by atoms with Gasteiger partial charge in [0.15, 0.2) is 0 Å². The lowest BCUT2D eigenvalue weighted by atomic mass is 10.0. The van der Waals surface area contributed by atoms with Crippen molar-refractivity contribution in [2.45, 2.75) is 25.3 Å². The molecule has 2 rings (SSSR count). The lowest BCUT2D eigenvalue weighted by Crippen LogP contribution is -2.30. The van der Waals surface area contributed by atoms with Crippen molar-refractivity contribution in [1.29, 1.82) is 0 Å². The van der Waals surface area contributed by atoms with Crippen LogP contribution in [0.15, 0.2) is 59.1 Å². The number of hydrogen-bond donors (Lipinski definition) is 1. The van der Waals surface area contributed by atoms with E-state index >= 15 is 0 Å². The lowest BCUT2D eigenvalue weighted by molar-refractivity contribution is -0.141. The van der Waals surface area contributed by atoms with Gasteiger partial charge in [0.2, 0.25) is 5.91 Å². The van der Waals surface area contributed by atoms with E-state index in [0.29, 0.717) is 19.4 Å². The Bertz CT molecular complexity index is 721. The van der Waals surface area contributed by atoms with Crippen LogP contribution in [0.3, 0.4) is 0 Å². The van der Waals surface area contributed by atoms with Gasteiger partial charge in [-0.1, -0.05) is 52.3 Å². The number of hydrogen-bond acceptors (Lipinski definition) is 4. The second kappa shape index (κ2) is 10.6. The summed E-state index contributed by atoms with van der Waals surface area (Å²) in [7, 11) is 1.34. The first-order chi connectivity index (χ1) is 12.6. The number of esters is 1. The molecule has 6 heteroatoms. The summed E-state index contributed by atoms with van der Waals surface area (Å²) in [6, 6.07) is 16.6.